The minimum atomic E-state index is 0.308. The van der Waals surface area contributed by atoms with Gasteiger partial charge >= 0.3 is 0 Å². The number of aromatic nitrogens is 1. The van der Waals surface area contributed by atoms with Gasteiger partial charge in [0.2, 0.25) is 0 Å². The molecule has 0 spiro atoms. The predicted molar refractivity (Wildman–Crippen MR) is 49.4 cm³/mol. The van der Waals surface area contributed by atoms with Gasteiger partial charge in [0.25, 0.3) is 0 Å². The third-order valence-corrected chi connectivity index (χ3v) is 2.17. The molecule has 2 rings (SSSR count). The number of nitrogens with zero attached hydrogens (tertiary/aromatic N) is 2. The van der Waals surface area contributed by atoms with Crippen molar-refractivity contribution in [2.24, 2.45) is 5.73 Å². The van der Waals surface area contributed by atoms with Crippen molar-refractivity contribution in [3.63, 3.8) is 0 Å². The van der Waals surface area contributed by atoms with Crippen molar-refractivity contribution in [1.82, 2.24) is 4.98 Å². The number of nitrogens with two attached hydrogens (primary N) is 1. The van der Waals surface area contributed by atoms with E-state index in [1.54, 1.807) is 6.20 Å². The second-order valence-corrected chi connectivity index (χ2v) is 3.44. The maximum Gasteiger partial charge on any atom is 0.128 e. The van der Waals surface area contributed by atoms with Crippen molar-refractivity contribution in [2.45, 2.75) is 6.04 Å². The summed E-state index contributed by atoms with van der Waals surface area (Å²) in [4.78, 5) is 6.30. The molecule has 0 aromatic carbocycles. The molecule has 3 nitrogen and oxygen atoms in total. The van der Waals surface area contributed by atoms with E-state index >= 15 is 0 Å². The van der Waals surface area contributed by atoms with Gasteiger partial charge in [-0.2, -0.15) is 0 Å². The van der Waals surface area contributed by atoms with E-state index in [-0.39, 0.29) is 0 Å². The molecule has 0 amide bonds. The molecule has 0 aliphatic carbocycles. The highest BCUT2D eigenvalue weighted by atomic mass is 35.5. The molecule has 1 saturated heterocycles. The third-order valence-electron chi connectivity index (χ3n) is 1.95. The van der Waals surface area contributed by atoms with Gasteiger partial charge in [0.1, 0.15) is 5.82 Å². The van der Waals surface area contributed by atoms with Gasteiger partial charge in [0.15, 0.2) is 0 Å². The Kier molecular flexibility index (Phi) is 1.90. The van der Waals surface area contributed by atoms with Gasteiger partial charge in [-0.25, -0.2) is 4.98 Å². The molecule has 1 aromatic rings. The summed E-state index contributed by atoms with van der Waals surface area (Å²) in [5.74, 6) is 0.959. The normalized spacial score (nSPS) is 17.7. The predicted octanol–water partition coefficient (Wildman–Crippen LogP) is 0.882. The average Bonchev–Trinajstić information content (AvgIpc) is 2.01. The van der Waals surface area contributed by atoms with Crippen LogP contribution in [0.4, 0.5) is 5.82 Å². The SMILES string of the molecule is NC1CN(c2ccc(Cl)cn2)C1. The van der Waals surface area contributed by atoms with Crippen LogP contribution < -0.4 is 10.6 Å². The standard InChI is InChI=1S/C8H10ClN3/c9-6-1-2-8(11-3-6)12-4-7(10)5-12/h1-3,7H,4-5,10H2. The Morgan fingerprint density at radius 1 is 1.50 bits per heavy atom. The van der Waals surface area contributed by atoms with E-state index in [1.807, 2.05) is 12.1 Å². The summed E-state index contributed by atoms with van der Waals surface area (Å²) in [5.41, 5.74) is 5.64. The van der Waals surface area contributed by atoms with E-state index in [2.05, 4.69) is 9.88 Å². The molecule has 2 N–H and O–H groups in total. The molecule has 1 aliphatic rings. The highest BCUT2D eigenvalue weighted by Crippen LogP contribution is 2.18. The smallest absolute Gasteiger partial charge is 0.128 e. The summed E-state index contributed by atoms with van der Waals surface area (Å²) in [6, 6.07) is 4.06. The zero-order chi connectivity index (χ0) is 8.55. The van der Waals surface area contributed by atoms with Crippen LogP contribution in [0, 0.1) is 0 Å². The second kappa shape index (κ2) is 2.92. The lowest BCUT2D eigenvalue weighted by Gasteiger charge is -2.37. The lowest BCUT2D eigenvalue weighted by molar-refractivity contribution is 0.514. The maximum atomic E-state index is 5.70. The molecule has 64 valence electrons. The first-order valence-corrected chi connectivity index (χ1v) is 4.25. The van der Waals surface area contributed by atoms with Crippen LogP contribution in [0.1, 0.15) is 0 Å². The Balaban J connectivity index is 2.09. The first-order valence-electron chi connectivity index (χ1n) is 3.88. The van der Waals surface area contributed by atoms with Gasteiger partial charge < -0.3 is 10.6 Å². The Hall–Kier alpha value is -0.800. The molecule has 0 radical (unpaired) electrons. The fraction of sp³-hybridized carbons (Fsp3) is 0.375. The molecule has 1 aromatic heterocycles. The van der Waals surface area contributed by atoms with Crippen molar-refractivity contribution < 1.29 is 0 Å². The van der Waals surface area contributed by atoms with Gasteiger partial charge in [-0.05, 0) is 12.1 Å². The highest BCUT2D eigenvalue weighted by molar-refractivity contribution is 6.30. The summed E-state index contributed by atoms with van der Waals surface area (Å²) in [7, 11) is 0. The fourth-order valence-electron chi connectivity index (χ4n) is 1.25. The summed E-state index contributed by atoms with van der Waals surface area (Å²) in [6.07, 6.45) is 1.65. The lowest BCUT2D eigenvalue weighted by Crippen LogP contribution is -2.56. The molecule has 0 bridgehead atoms. The van der Waals surface area contributed by atoms with Gasteiger partial charge in [-0.1, -0.05) is 11.6 Å². The molecule has 0 saturated carbocycles. The van der Waals surface area contributed by atoms with Crippen molar-refractivity contribution in [2.75, 3.05) is 18.0 Å². The van der Waals surface area contributed by atoms with Crippen molar-refractivity contribution in [3.8, 4) is 0 Å². The molecule has 1 aliphatic heterocycles. The van der Waals surface area contributed by atoms with E-state index < -0.39 is 0 Å². The quantitative estimate of drug-likeness (QED) is 0.703. The average molecular weight is 184 g/mol. The Labute approximate surface area is 76.1 Å². The zero-order valence-corrected chi connectivity index (χ0v) is 7.33. The largest absolute Gasteiger partial charge is 0.353 e. The number of pyridine rings is 1. The number of rotatable bonds is 1. The van der Waals surface area contributed by atoms with Crippen LogP contribution in [0.3, 0.4) is 0 Å². The Bertz CT molecular complexity index is 266. The third kappa shape index (κ3) is 1.38. The summed E-state index contributed by atoms with van der Waals surface area (Å²) in [6.45, 7) is 1.79. The van der Waals surface area contributed by atoms with Crippen molar-refractivity contribution in [3.05, 3.63) is 23.4 Å². The van der Waals surface area contributed by atoms with Gasteiger partial charge in [0, 0.05) is 25.3 Å². The van der Waals surface area contributed by atoms with Crippen molar-refractivity contribution >= 4 is 17.4 Å². The summed E-state index contributed by atoms with van der Waals surface area (Å²) < 4.78 is 0. The van der Waals surface area contributed by atoms with E-state index in [0.29, 0.717) is 11.1 Å². The molecule has 0 atom stereocenters. The van der Waals surface area contributed by atoms with E-state index in [9.17, 15) is 0 Å². The number of halogens is 1. The highest BCUT2D eigenvalue weighted by Gasteiger charge is 2.23. The van der Waals surface area contributed by atoms with Crippen LogP contribution in [0.25, 0.3) is 0 Å². The number of anilines is 1. The minimum Gasteiger partial charge on any atom is -0.353 e. The second-order valence-electron chi connectivity index (χ2n) is 3.00. The van der Waals surface area contributed by atoms with Crippen LogP contribution in [-0.2, 0) is 0 Å². The zero-order valence-electron chi connectivity index (χ0n) is 6.57. The summed E-state index contributed by atoms with van der Waals surface area (Å²) in [5, 5.41) is 0.670. The number of hydrogen-bond acceptors (Lipinski definition) is 3. The molecule has 12 heavy (non-hydrogen) atoms. The van der Waals surface area contributed by atoms with E-state index in [0.717, 1.165) is 18.9 Å². The van der Waals surface area contributed by atoms with Crippen LogP contribution in [0.5, 0.6) is 0 Å². The molecular weight excluding hydrogens is 174 g/mol. The minimum absolute atomic E-state index is 0.308. The molecule has 1 fully saturated rings. The van der Waals surface area contributed by atoms with Crippen LogP contribution in [-0.4, -0.2) is 24.1 Å². The fourth-order valence-corrected chi connectivity index (χ4v) is 1.37. The van der Waals surface area contributed by atoms with Gasteiger partial charge in [-0.15, -0.1) is 0 Å². The molecular formula is C8H10ClN3. The Morgan fingerprint density at radius 3 is 2.75 bits per heavy atom. The topological polar surface area (TPSA) is 42.1 Å². The van der Waals surface area contributed by atoms with Crippen molar-refractivity contribution in [1.29, 1.82) is 0 Å². The Morgan fingerprint density at radius 2 is 2.25 bits per heavy atom. The summed E-state index contributed by atoms with van der Waals surface area (Å²) >= 11 is 5.70. The molecule has 4 heteroatoms. The molecule has 0 unspecified atom stereocenters. The molecule has 2 heterocycles. The first-order chi connectivity index (χ1) is 5.75. The lowest BCUT2D eigenvalue weighted by atomic mass is 10.1. The van der Waals surface area contributed by atoms with Crippen LogP contribution in [0.15, 0.2) is 18.3 Å². The monoisotopic (exact) mass is 183 g/mol. The first kappa shape index (κ1) is 7.83. The van der Waals surface area contributed by atoms with E-state index in [4.69, 9.17) is 17.3 Å². The van der Waals surface area contributed by atoms with Crippen LogP contribution >= 0.6 is 11.6 Å². The van der Waals surface area contributed by atoms with Crippen LogP contribution in [0.2, 0.25) is 5.02 Å². The maximum absolute atomic E-state index is 5.70. The number of hydrogen-bond donors (Lipinski definition) is 1. The van der Waals surface area contributed by atoms with E-state index in [1.165, 1.54) is 0 Å². The van der Waals surface area contributed by atoms with Gasteiger partial charge in [-0.3, -0.25) is 0 Å². The van der Waals surface area contributed by atoms with Gasteiger partial charge in [0.05, 0.1) is 5.02 Å².